The second-order valence-electron chi connectivity index (χ2n) is 5.61. The minimum Gasteiger partial charge on any atom is -0.379 e. The molecule has 0 fully saturated rings. The fourth-order valence-electron chi connectivity index (χ4n) is 1.64. The van der Waals surface area contributed by atoms with Crippen molar-refractivity contribution in [2.75, 3.05) is 5.75 Å². The maximum atomic E-state index is 13.4. The van der Waals surface area contributed by atoms with Crippen LogP contribution in [-0.4, -0.2) is 58.6 Å². The Labute approximate surface area is 186 Å². The summed E-state index contributed by atoms with van der Waals surface area (Å²) in [6.07, 6.45) is -10.4. The summed E-state index contributed by atoms with van der Waals surface area (Å²) in [5.41, 5.74) is 4.57. The molecule has 0 aromatic rings. The lowest BCUT2D eigenvalue weighted by Crippen LogP contribution is -2.74. The van der Waals surface area contributed by atoms with Crippen LogP contribution < -0.4 is 5.73 Å². The summed E-state index contributed by atoms with van der Waals surface area (Å²) in [7, 11) is 0. The van der Waals surface area contributed by atoms with Crippen molar-refractivity contribution in [1.29, 1.82) is 5.41 Å². The summed E-state index contributed by atoms with van der Waals surface area (Å²) in [6, 6.07) is 0. The quantitative estimate of drug-likeness (QED) is 0.128. The molecular weight excluding hydrogens is 642 g/mol. The first-order chi connectivity index (χ1) is 13.2. The monoisotopic (exact) mass is 650 g/mol. The van der Waals surface area contributed by atoms with Crippen LogP contribution in [0.3, 0.4) is 0 Å². The molecule has 0 aromatic carbocycles. The number of hydrogen-bond donors (Lipinski definition) is 2. The van der Waals surface area contributed by atoms with E-state index in [9.17, 15) is 74.6 Å². The molecule has 0 aromatic heterocycles. The minimum absolute atomic E-state index is 0. The molecule has 0 aliphatic rings. The Balaban J connectivity index is 0. The van der Waals surface area contributed by atoms with Gasteiger partial charge in [-0.05, 0) is 0 Å². The van der Waals surface area contributed by atoms with Crippen molar-refractivity contribution in [3.8, 4) is 0 Å². The highest BCUT2D eigenvalue weighted by atomic mass is 127. The summed E-state index contributed by atoms with van der Waals surface area (Å²) in [5.74, 6) is -57.8. The van der Waals surface area contributed by atoms with Gasteiger partial charge in [-0.2, -0.15) is 74.6 Å². The Bertz CT molecular complexity index is 674. The second kappa shape index (κ2) is 9.19. The average Bonchev–Trinajstić information content (AvgIpc) is 2.51. The summed E-state index contributed by atoms with van der Waals surface area (Å²) in [6.45, 7) is 0. The largest absolute Gasteiger partial charge is 0.460 e. The van der Waals surface area contributed by atoms with Gasteiger partial charge in [0, 0.05) is 12.2 Å². The van der Waals surface area contributed by atoms with Gasteiger partial charge in [0.05, 0.1) is 0 Å². The molecular formula is C11H8F17IN2S. The highest BCUT2D eigenvalue weighted by Gasteiger charge is 2.95. The lowest BCUT2D eigenvalue weighted by Gasteiger charge is -2.42. The number of hydrogen-bond acceptors (Lipinski definition) is 2. The van der Waals surface area contributed by atoms with Crippen molar-refractivity contribution in [3.63, 3.8) is 0 Å². The zero-order valence-electron chi connectivity index (χ0n) is 14.2. The number of nitrogens with one attached hydrogen (secondary N) is 1. The normalized spacial score (nSPS) is 15.4. The lowest BCUT2D eigenvalue weighted by atomic mass is 9.88. The third-order valence-electron chi connectivity index (χ3n) is 3.46. The van der Waals surface area contributed by atoms with E-state index in [-0.39, 0.29) is 35.7 Å². The third-order valence-corrected chi connectivity index (χ3v) is 4.18. The molecule has 21 heteroatoms. The zero-order chi connectivity index (χ0) is 25.7. The number of nitrogens with two attached hydrogens (primary N) is 1. The van der Waals surface area contributed by atoms with Gasteiger partial charge in [0.15, 0.2) is 5.17 Å². The van der Waals surface area contributed by atoms with Crippen molar-refractivity contribution in [1.82, 2.24) is 0 Å². The molecule has 194 valence electrons. The van der Waals surface area contributed by atoms with E-state index in [0.29, 0.717) is 0 Å². The molecule has 32 heavy (non-hydrogen) atoms. The maximum Gasteiger partial charge on any atom is 0.460 e. The third kappa shape index (κ3) is 4.91. The lowest BCUT2D eigenvalue weighted by molar-refractivity contribution is -0.461. The molecule has 0 amide bonds. The predicted molar refractivity (Wildman–Crippen MR) is 85.1 cm³/mol. The molecule has 0 heterocycles. The fraction of sp³-hybridized carbons (Fsp3) is 0.909. The van der Waals surface area contributed by atoms with Crippen molar-refractivity contribution in [3.05, 3.63) is 0 Å². The Hall–Kier alpha value is -0.640. The van der Waals surface area contributed by atoms with E-state index in [1.807, 2.05) is 0 Å². The van der Waals surface area contributed by atoms with Gasteiger partial charge in [-0.3, -0.25) is 5.41 Å². The van der Waals surface area contributed by atoms with Crippen LogP contribution in [0.2, 0.25) is 0 Å². The van der Waals surface area contributed by atoms with Crippen molar-refractivity contribution in [2.45, 2.75) is 54.1 Å². The van der Waals surface area contributed by atoms with Crippen LogP contribution in [-0.2, 0) is 0 Å². The molecule has 0 saturated carbocycles. The van der Waals surface area contributed by atoms with Crippen LogP contribution in [0, 0.1) is 5.41 Å². The topological polar surface area (TPSA) is 49.9 Å². The zero-order valence-corrected chi connectivity index (χ0v) is 17.4. The highest BCUT2D eigenvalue weighted by molar-refractivity contribution is 14.0. The molecule has 0 rings (SSSR count). The first-order valence-electron chi connectivity index (χ1n) is 6.85. The standard InChI is InChI=1S/C11H7F17N2S.HI/c12-4(13,1-2-31-3(29)30)5(14,15)6(16,17)7(18,19)8(20,21)9(22,23)10(24,25)11(26,27)28;/h1-2H2,(H3,29,30);1H. The highest BCUT2D eigenvalue weighted by Crippen LogP contribution is 2.64. The molecule has 0 aliphatic carbocycles. The summed E-state index contributed by atoms with van der Waals surface area (Å²) < 4.78 is 220. The van der Waals surface area contributed by atoms with Gasteiger partial charge in [-0.1, -0.05) is 11.8 Å². The van der Waals surface area contributed by atoms with Crippen LogP contribution in [0.25, 0.3) is 0 Å². The molecule has 0 aliphatic heterocycles. The van der Waals surface area contributed by atoms with E-state index in [1.165, 1.54) is 0 Å². The van der Waals surface area contributed by atoms with Crippen LogP contribution >= 0.6 is 35.7 Å². The second-order valence-corrected chi connectivity index (χ2v) is 6.75. The predicted octanol–water partition coefficient (Wildman–Crippen LogP) is 6.63. The molecule has 0 saturated heterocycles. The smallest absolute Gasteiger partial charge is 0.379 e. The Morgan fingerprint density at radius 1 is 0.562 bits per heavy atom. The molecule has 0 radical (unpaired) electrons. The summed E-state index contributed by atoms with van der Waals surface area (Å²) >= 11 is -0.269. The van der Waals surface area contributed by atoms with E-state index in [4.69, 9.17) is 5.41 Å². The molecule has 0 unspecified atom stereocenters. The van der Waals surface area contributed by atoms with Crippen molar-refractivity contribution in [2.24, 2.45) is 5.73 Å². The molecule has 0 spiro atoms. The number of halogens is 18. The molecule has 2 nitrogen and oxygen atoms in total. The molecule has 0 atom stereocenters. The fourth-order valence-corrected chi connectivity index (χ4v) is 2.22. The van der Waals surface area contributed by atoms with E-state index in [2.05, 4.69) is 5.73 Å². The van der Waals surface area contributed by atoms with Crippen molar-refractivity contribution >= 4 is 40.9 Å². The van der Waals surface area contributed by atoms with Crippen molar-refractivity contribution < 1.29 is 74.6 Å². The molecule has 3 N–H and O–H groups in total. The van der Waals surface area contributed by atoms with Gasteiger partial charge >= 0.3 is 47.6 Å². The summed E-state index contributed by atoms with van der Waals surface area (Å²) in [4.78, 5) is 0. The van der Waals surface area contributed by atoms with Crippen LogP contribution in [0.15, 0.2) is 0 Å². The Kier molecular flexibility index (Phi) is 9.63. The number of rotatable bonds is 9. The number of thioether (sulfide) groups is 1. The van der Waals surface area contributed by atoms with E-state index >= 15 is 0 Å². The van der Waals surface area contributed by atoms with Gasteiger partial charge in [0.25, 0.3) is 0 Å². The number of alkyl halides is 17. The van der Waals surface area contributed by atoms with Gasteiger partial charge in [-0.15, -0.1) is 24.0 Å². The Morgan fingerprint density at radius 3 is 1.12 bits per heavy atom. The summed E-state index contributed by atoms with van der Waals surface area (Å²) in [5, 5.41) is 5.43. The maximum absolute atomic E-state index is 13.4. The van der Waals surface area contributed by atoms with Crippen LogP contribution in [0.1, 0.15) is 6.42 Å². The van der Waals surface area contributed by atoms with Gasteiger partial charge in [-0.25, -0.2) is 0 Å². The van der Waals surface area contributed by atoms with Gasteiger partial charge in [0.1, 0.15) is 0 Å². The van der Waals surface area contributed by atoms with Gasteiger partial charge < -0.3 is 5.73 Å². The van der Waals surface area contributed by atoms with Crippen LogP contribution in [0.4, 0.5) is 74.6 Å². The van der Waals surface area contributed by atoms with E-state index < -0.39 is 65.0 Å². The van der Waals surface area contributed by atoms with E-state index in [1.54, 1.807) is 0 Å². The SMILES string of the molecule is I.N=C(N)SCCC(F)(F)C(F)(F)C(F)(F)C(F)(F)C(F)(F)C(F)(F)C(F)(F)C(F)(F)F. The minimum atomic E-state index is -8.63. The first kappa shape index (κ1) is 33.5. The average molecular weight is 650 g/mol. The first-order valence-corrected chi connectivity index (χ1v) is 7.83. The van der Waals surface area contributed by atoms with Crippen LogP contribution in [0.5, 0.6) is 0 Å². The molecule has 0 bridgehead atoms. The van der Waals surface area contributed by atoms with Gasteiger partial charge in [0.2, 0.25) is 0 Å². The Morgan fingerprint density at radius 2 is 0.844 bits per heavy atom. The number of amidine groups is 1. The van der Waals surface area contributed by atoms with E-state index in [0.717, 1.165) is 0 Å².